The SMILES string of the molecule is CN1N=C(C(=O)N2CCN(C3CCc4ccccc4C3)CC2)CCC1=O. The Balaban J connectivity index is 1.34. The standard InChI is InChI=1S/C20H26N4O2/c1-22-19(25)9-8-18(21-22)20(26)24-12-10-23(11-13-24)17-7-6-15-4-2-3-5-16(15)14-17/h2-5,17H,6-14H2,1H3. The highest BCUT2D eigenvalue weighted by Crippen LogP contribution is 2.25. The Morgan fingerprint density at radius 2 is 1.77 bits per heavy atom. The molecular weight excluding hydrogens is 328 g/mol. The van der Waals surface area contributed by atoms with Crippen LogP contribution in [0.25, 0.3) is 0 Å². The van der Waals surface area contributed by atoms with Gasteiger partial charge in [-0.3, -0.25) is 14.5 Å². The summed E-state index contributed by atoms with van der Waals surface area (Å²) >= 11 is 0. The molecule has 26 heavy (non-hydrogen) atoms. The lowest BCUT2D eigenvalue weighted by Gasteiger charge is -2.41. The van der Waals surface area contributed by atoms with Gasteiger partial charge in [0.1, 0.15) is 5.71 Å². The quantitative estimate of drug-likeness (QED) is 0.804. The monoisotopic (exact) mass is 354 g/mol. The predicted molar refractivity (Wildman–Crippen MR) is 99.8 cm³/mol. The molecule has 0 aromatic heterocycles. The van der Waals surface area contributed by atoms with Gasteiger partial charge >= 0.3 is 0 Å². The van der Waals surface area contributed by atoms with Gasteiger partial charge in [0, 0.05) is 52.1 Å². The van der Waals surface area contributed by atoms with Gasteiger partial charge in [-0.05, 0) is 30.4 Å². The lowest BCUT2D eigenvalue weighted by molar-refractivity contribution is -0.131. The minimum atomic E-state index is -0.0241. The third-order valence-electron chi connectivity index (χ3n) is 5.89. The number of carbonyl (C=O) groups excluding carboxylic acids is 2. The molecule has 2 aliphatic heterocycles. The Bertz CT molecular complexity index is 737. The van der Waals surface area contributed by atoms with Crippen LogP contribution in [-0.4, -0.2) is 71.6 Å². The smallest absolute Gasteiger partial charge is 0.270 e. The summed E-state index contributed by atoms with van der Waals surface area (Å²) in [5, 5.41) is 5.47. The molecule has 1 aromatic carbocycles. The number of nitrogens with zero attached hydrogens (tertiary/aromatic N) is 4. The fourth-order valence-electron chi connectivity index (χ4n) is 4.29. The first-order valence-corrected chi connectivity index (χ1v) is 9.56. The fraction of sp³-hybridized carbons (Fsp3) is 0.550. The number of hydrazone groups is 1. The Labute approximate surface area is 154 Å². The van der Waals surface area contributed by atoms with Crippen LogP contribution in [0.5, 0.6) is 0 Å². The van der Waals surface area contributed by atoms with Crippen LogP contribution in [0.1, 0.15) is 30.4 Å². The van der Waals surface area contributed by atoms with E-state index in [4.69, 9.17) is 0 Å². The normalized spacial score (nSPS) is 24.3. The van der Waals surface area contributed by atoms with Crippen molar-refractivity contribution in [3.63, 3.8) is 0 Å². The van der Waals surface area contributed by atoms with E-state index in [0.717, 1.165) is 39.0 Å². The lowest BCUT2D eigenvalue weighted by atomic mass is 9.87. The van der Waals surface area contributed by atoms with Crippen molar-refractivity contribution in [1.29, 1.82) is 0 Å². The Hall–Kier alpha value is -2.21. The molecule has 6 heteroatoms. The maximum atomic E-state index is 12.7. The van der Waals surface area contributed by atoms with E-state index in [9.17, 15) is 9.59 Å². The van der Waals surface area contributed by atoms with Gasteiger partial charge in [-0.25, -0.2) is 5.01 Å². The summed E-state index contributed by atoms with van der Waals surface area (Å²) in [5.74, 6) is -0.0260. The first kappa shape index (κ1) is 17.2. The number of fused-ring (bicyclic) bond motifs is 1. The Morgan fingerprint density at radius 3 is 2.50 bits per heavy atom. The minimum Gasteiger partial charge on any atom is -0.335 e. The van der Waals surface area contributed by atoms with Crippen LogP contribution in [-0.2, 0) is 22.4 Å². The van der Waals surface area contributed by atoms with Crippen LogP contribution in [0, 0.1) is 0 Å². The van der Waals surface area contributed by atoms with E-state index >= 15 is 0 Å². The second kappa shape index (κ2) is 7.19. The van der Waals surface area contributed by atoms with Gasteiger partial charge in [0.2, 0.25) is 5.91 Å². The van der Waals surface area contributed by atoms with E-state index in [-0.39, 0.29) is 11.8 Å². The number of piperazine rings is 1. The molecule has 1 atom stereocenters. The van der Waals surface area contributed by atoms with Crippen molar-refractivity contribution in [2.75, 3.05) is 33.2 Å². The zero-order valence-corrected chi connectivity index (χ0v) is 15.4. The van der Waals surface area contributed by atoms with Crippen LogP contribution >= 0.6 is 0 Å². The summed E-state index contributed by atoms with van der Waals surface area (Å²) in [6.45, 7) is 3.32. The average Bonchev–Trinajstić information content (AvgIpc) is 2.69. The number of benzene rings is 1. The molecule has 0 N–H and O–H groups in total. The molecule has 1 aromatic rings. The first-order valence-electron chi connectivity index (χ1n) is 9.56. The molecule has 0 bridgehead atoms. The van der Waals surface area contributed by atoms with Gasteiger partial charge in [-0.1, -0.05) is 24.3 Å². The largest absolute Gasteiger partial charge is 0.335 e. The molecule has 0 spiro atoms. The lowest BCUT2D eigenvalue weighted by Crippen LogP contribution is -2.54. The highest BCUT2D eigenvalue weighted by Gasteiger charge is 2.31. The summed E-state index contributed by atoms with van der Waals surface area (Å²) in [7, 11) is 1.62. The van der Waals surface area contributed by atoms with Gasteiger partial charge in [-0.15, -0.1) is 0 Å². The molecule has 3 aliphatic rings. The Morgan fingerprint density at radius 1 is 1.04 bits per heavy atom. The van der Waals surface area contributed by atoms with E-state index in [1.54, 1.807) is 7.05 Å². The van der Waals surface area contributed by atoms with E-state index < -0.39 is 0 Å². The van der Waals surface area contributed by atoms with Crippen molar-refractivity contribution in [3.8, 4) is 0 Å². The van der Waals surface area contributed by atoms with E-state index in [1.807, 2.05) is 4.90 Å². The van der Waals surface area contributed by atoms with E-state index in [0.29, 0.717) is 24.6 Å². The molecule has 1 fully saturated rings. The van der Waals surface area contributed by atoms with Crippen LogP contribution in [0.2, 0.25) is 0 Å². The molecule has 1 aliphatic carbocycles. The van der Waals surface area contributed by atoms with Crippen molar-refractivity contribution in [1.82, 2.24) is 14.8 Å². The van der Waals surface area contributed by atoms with Gasteiger partial charge in [0.25, 0.3) is 5.91 Å². The number of rotatable bonds is 2. The summed E-state index contributed by atoms with van der Waals surface area (Å²) in [6.07, 6.45) is 4.30. The van der Waals surface area contributed by atoms with Crippen molar-refractivity contribution in [3.05, 3.63) is 35.4 Å². The maximum absolute atomic E-state index is 12.7. The molecular formula is C20H26N4O2. The maximum Gasteiger partial charge on any atom is 0.270 e. The van der Waals surface area contributed by atoms with Crippen molar-refractivity contribution in [2.45, 2.75) is 38.1 Å². The van der Waals surface area contributed by atoms with Gasteiger partial charge < -0.3 is 4.90 Å². The summed E-state index contributed by atoms with van der Waals surface area (Å²) in [6, 6.07) is 9.33. The summed E-state index contributed by atoms with van der Waals surface area (Å²) in [5.41, 5.74) is 3.49. The van der Waals surface area contributed by atoms with Crippen LogP contribution in [0.15, 0.2) is 29.4 Å². The second-order valence-electron chi connectivity index (χ2n) is 7.46. The highest BCUT2D eigenvalue weighted by molar-refractivity contribution is 6.39. The van der Waals surface area contributed by atoms with Crippen LogP contribution < -0.4 is 0 Å². The zero-order chi connectivity index (χ0) is 18.1. The molecule has 2 amide bonds. The number of amides is 2. The summed E-state index contributed by atoms with van der Waals surface area (Å²) in [4.78, 5) is 28.7. The average molecular weight is 354 g/mol. The van der Waals surface area contributed by atoms with Crippen molar-refractivity contribution in [2.24, 2.45) is 5.10 Å². The van der Waals surface area contributed by atoms with Gasteiger partial charge in [0.15, 0.2) is 0 Å². The van der Waals surface area contributed by atoms with Crippen LogP contribution in [0.3, 0.4) is 0 Å². The highest BCUT2D eigenvalue weighted by atomic mass is 16.2. The van der Waals surface area contributed by atoms with Crippen molar-refractivity contribution >= 4 is 17.5 Å². The molecule has 138 valence electrons. The molecule has 4 rings (SSSR count). The second-order valence-corrected chi connectivity index (χ2v) is 7.46. The van der Waals surface area contributed by atoms with E-state index in [2.05, 4.69) is 34.3 Å². The van der Waals surface area contributed by atoms with Gasteiger partial charge in [-0.2, -0.15) is 5.10 Å². The number of aryl methyl sites for hydroxylation is 1. The molecule has 1 saturated heterocycles. The minimum absolute atomic E-state index is 0.00186. The molecule has 6 nitrogen and oxygen atoms in total. The topological polar surface area (TPSA) is 56.2 Å². The molecule has 2 heterocycles. The molecule has 0 saturated carbocycles. The number of hydrogen-bond acceptors (Lipinski definition) is 4. The van der Waals surface area contributed by atoms with Crippen molar-refractivity contribution < 1.29 is 9.59 Å². The number of hydrogen-bond donors (Lipinski definition) is 0. The third kappa shape index (κ3) is 3.38. The summed E-state index contributed by atoms with van der Waals surface area (Å²) < 4.78 is 0. The zero-order valence-electron chi connectivity index (χ0n) is 15.4. The van der Waals surface area contributed by atoms with Crippen LogP contribution in [0.4, 0.5) is 0 Å². The van der Waals surface area contributed by atoms with E-state index in [1.165, 1.54) is 22.6 Å². The Kier molecular flexibility index (Phi) is 4.76. The predicted octanol–water partition coefficient (Wildman–Crippen LogP) is 1.30. The van der Waals surface area contributed by atoms with Gasteiger partial charge in [0.05, 0.1) is 0 Å². The third-order valence-corrected chi connectivity index (χ3v) is 5.89. The number of carbonyl (C=O) groups is 2. The fourth-order valence-corrected chi connectivity index (χ4v) is 4.29. The first-order chi connectivity index (χ1) is 12.6. The molecule has 0 radical (unpaired) electrons. The molecule has 1 unspecified atom stereocenters.